The molecule has 34 heavy (non-hydrogen) atoms. The zero-order chi connectivity index (χ0) is 24.5. The number of aryl methyl sites for hydroxylation is 2. The standard InChI is InChI=1S/C25H25FN2O5S/c1-16-13-23(33-3)24(15-21(16)26)34(30,31)27-19-8-11-22-18(14-19)5-4-12-28(22)25(29)17-6-9-20(32-2)10-7-17/h6-11,13-15,27H,4-5,12H2,1-3H3. The largest absolute Gasteiger partial charge is 0.497 e. The molecule has 3 aromatic rings. The normalized spacial score (nSPS) is 13.2. The van der Waals surface area contributed by atoms with Gasteiger partial charge in [-0.1, -0.05) is 0 Å². The van der Waals surface area contributed by atoms with Crippen LogP contribution in [0.5, 0.6) is 11.5 Å². The average molecular weight is 485 g/mol. The molecule has 0 unspecified atom stereocenters. The van der Waals surface area contributed by atoms with Crippen molar-refractivity contribution in [3.05, 3.63) is 77.1 Å². The van der Waals surface area contributed by atoms with Crippen molar-refractivity contribution >= 4 is 27.3 Å². The molecule has 4 rings (SSSR count). The number of rotatable bonds is 6. The molecule has 1 aliphatic rings. The van der Waals surface area contributed by atoms with Crippen LogP contribution in [0.1, 0.15) is 27.9 Å². The quantitative estimate of drug-likeness (QED) is 0.555. The highest BCUT2D eigenvalue weighted by molar-refractivity contribution is 7.92. The van der Waals surface area contributed by atoms with E-state index < -0.39 is 15.8 Å². The van der Waals surface area contributed by atoms with Crippen molar-refractivity contribution in [2.75, 3.05) is 30.4 Å². The highest BCUT2D eigenvalue weighted by atomic mass is 32.2. The number of halogens is 1. The maximum absolute atomic E-state index is 14.1. The Balaban J connectivity index is 1.61. The predicted octanol–water partition coefficient (Wildman–Crippen LogP) is 4.55. The molecule has 0 bridgehead atoms. The number of amides is 1. The molecule has 0 fully saturated rings. The van der Waals surface area contributed by atoms with Gasteiger partial charge in [-0.05, 0) is 85.5 Å². The summed E-state index contributed by atoms with van der Waals surface area (Å²) < 4.78 is 52.9. The van der Waals surface area contributed by atoms with E-state index >= 15 is 0 Å². The SMILES string of the molecule is COc1ccc(C(=O)N2CCCc3cc(NS(=O)(=O)c4cc(F)c(C)cc4OC)ccc32)cc1. The van der Waals surface area contributed by atoms with Crippen LogP contribution in [0.15, 0.2) is 59.5 Å². The Bertz CT molecular complexity index is 1340. The molecule has 0 aromatic heterocycles. The molecular formula is C25H25FN2O5S. The first-order valence-corrected chi connectivity index (χ1v) is 12.2. The van der Waals surface area contributed by atoms with Crippen LogP contribution in [0, 0.1) is 12.7 Å². The van der Waals surface area contributed by atoms with Gasteiger partial charge in [-0.2, -0.15) is 0 Å². The zero-order valence-electron chi connectivity index (χ0n) is 19.1. The lowest BCUT2D eigenvalue weighted by atomic mass is 10.00. The lowest BCUT2D eigenvalue weighted by Crippen LogP contribution is -2.35. The smallest absolute Gasteiger partial charge is 0.265 e. The second-order valence-corrected chi connectivity index (χ2v) is 9.64. The van der Waals surface area contributed by atoms with Crippen LogP contribution >= 0.6 is 0 Å². The molecule has 1 amide bonds. The van der Waals surface area contributed by atoms with Crippen LogP contribution in [0.25, 0.3) is 0 Å². The molecule has 0 saturated heterocycles. The number of sulfonamides is 1. The van der Waals surface area contributed by atoms with Crippen molar-refractivity contribution in [1.29, 1.82) is 0 Å². The van der Waals surface area contributed by atoms with E-state index in [0.29, 0.717) is 30.0 Å². The highest BCUT2D eigenvalue weighted by Gasteiger charge is 2.26. The molecule has 178 valence electrons. The second-order valence-electron chi connectivity index (χ2n) is 7.99. The topological polar surface area (TPSA) is 84.9 Å². The maximum Gasteiger partial charge on any atom is 0.265 e. The molecule has 1 N–H and O–H groups in total. The number of ether oxygens (including phenoxy) is 2. The van der Waals surface area contributed by atoms with Crippen LogP contribution in [0.4, 0.5) is 15.8 Å². The molecule has 0 atom stereocenters. The molecule has 7 nitrogen and oxygen atoms in total. The van der Waals surface area contributed by atoms with Gasteiger partial charge in [-0.15, -0.1) is 0 Å². The summed E-state index contributed by atoms with van der Waals surface area (Å²) in [5.41, 5.74) is 2.71. The summed E-state index contributed by atoms with van der Waals surface area (Å²) in [5, 5.41) is 0. The Morgan fingerprint density at radius 2 is 1.76 bits per heavy atom. The first kappa shape index (κ1) is 23.6. The molecule has 3 aromatic carbocycles. The fourth-order valence-electron chi connectivity index (χ4n) is 3.98. The summed E-state index contributed by atoms with van der Waals surface area (Å²) in [6.07, 6.45) is 1.43. The van der Waals surface area contributed by atoms with Crippen molar-refractivity contribution in [2.45, 2.75) is 24.7 Å². The van der Waals surface area contributed by atoms with Crippen LogP contribution in [-0.4, -0.2) is 35.1 Å². The van der Waals surface area contributed by atoms with Gasteiger partial charge in [0.25, 0.3) is 15.9 Å². The summed E-state index contributed by atoms with van der Waals surface area (Å²) >= 11 is 0. The highest BCUT2D eigenvalue weighted by Crippen LogP contribution is 2.33. The van der Waals surface area contributed by atoms with Crippen LogP contribution in [-0.2, 0) is 16.4 Å². The molecule has 1 heterocycles. The Labute approximate surface area is 198 Å². The molecule has 0 radical (unpaired) electrons. The number of hydrogen-bond acceptors (Lipinski definition) is 5. The van der Waals surface area contributed by atoms with E-state index in [1.165, 1.54) is 20.1 Å². The van der Waals surface area contributed by atoms with Gasteiger partial charge >= 0.3 is 0 Å². The van der Waals surface area contributed by atoms with Crippen molar-refractivity contribution in [3.63, 3.8) is 0 Å². The number of nitrogens with zero attached hydrogens (tertiary/aromatic N) is 1. The number of anilines is 2. The lowest BCUT2D eigenvalue weighted by molar-refractivity contribution is 0.0985. The van der Waals surface area contributed by atoms with Gasteiger partial charge in [0, 0.05) is 23.5 Å². The molecule has 9 heteroatoms. The van der Waals surface area contributed by atoms with Crippen LogP contribution in [0.3, 0.4) is 0 Å². The number of fused-ring (bicyclic) bond motifs is 1. The number of nitrogens with one attached hydrogen (secondary N) is 1. The molecule has 0 spiro atoms. The molecule has 0 saturated carbocycles. The Morgan fingerprint density at radius 3 is 2.44 bits per heavy atom. The number of methoxy groups -OCH3 is 2. The number of hydrogen-bond donors (Lipinski definition) is 1. The number of carbonyl (C=O) groups excluding carboxylic acids is 1. The van der Waals surface area contributed by atoms with Gasteiger partial charge in [0.2, 0.25) is 0 Å². The van der Waals surface area contributed by atoms with Gasteiger partial charge in [0.1, 0.15) is 22.2 Å². The molecule has 0 aliphatic carbocycles. The van der Waals surface area contributed by atoms with E-state index in [-0.39, 0.29) is 22.1 Å². The Morgan fingerprint density at radius 1 is 1.03 bits per heavy atom. The lowest BCUT2D eigenvalue weighted by Gasteiger charge is -2.30. The fourth-order valence-corrected chi connectivity index (χ4v) is 5.19. The van der Waals surface area contributed by atoms with E-state index in [4.69, 9.17) is 9.47 Å². The maximum atomic E-state index is 14.1. The first-order valence-electron chi connectivity index (χ1n) is 10.7. The van der Waals surface area contributed by atoms with E-state index in [1.54, 1.807) is 54.5 Å². The van der Waals surface area contributed by atoms with Crippen molar-refractivity contribution in [1.82, 2.24) is 0 Å². The van der Waals surface area contributed by atoms with Gasteiger partial charge in [0.05, 0.1) is 14.2 Å². The van der Waals surface area contributed by atoms with Gasteiger partial charge in [-0.3, -0.25) is 9.52 Å². The Kier molecular flexibility index (Phi) is 6.47. The van der Waals surface area contributed by atoms with E-state index in [9.17, 15) is 17.6 Å². The summed E-state index contributed by atoms with van der Waals surface area (Å²) in [7, 11) is -1.21. The van der Waals surface area contributed by atoms with Crippen LogP contribution < -0.4 is 19.1 Å². The van der Waals surface area contributed by atoms with E-state index in [0.717, 1.165) is 23.7 Å². The summed E-state index contributed by atoms with van der Waals surface area (Å²) in [6, 6.07) is 14.2. The summed E-state index contributed by atoms with van der Waals surface area (Å²) in [6.45, 7) is 2.09. The number of benzene rings is 3. The summed E-state index contributed by atoms with van der Waals surface area (Å²) in [4.78, 5) is 14.5. The first-order chi connectivity index (χ1) is 16.2. The van der Waals surface area contributed by atoms with Crippen molar-refractivity contribution < 1.29 is 27.1 Å². The minimum Gasteiger partial charge on any atom is -0.497 e. The Hall–Kier alpha value is -3.59. The van der Waals surface area contributed by atoms with Crippen LogP contribution in [0.2, 0.25) is 0 Å². The minimum atomic E-state index is -4.11. The third-order valence-corrected chi connectivity index (χ3v) is 7.17. The van der Waals surface area contributed by atoms with Gasteiger partial charge in [0.15, 0.2) is 0 Å². The summed E-state index contributed by atoms with van der Waals surface area (Å²) in [5.74, 6) is -0.0608. The van der Waals surface area contributed by atoms with Gasteiger partial charge < -0.3 is 14.4 Å². The molecular weight excluding hydrogens is 459 g/mol. The monoisotopic (exact) mass is 484 g/mol. The predicted molar refractivity (Wildman–Crippen MR) is 128 cm³/mol. The van der Waals surface area contributed by atoms with Gasteiger partial charge in [-0.25, -0.2) is 12.8 Å². The minimum absolute atomic E-state index is 0.0561. The average Bonchev–Trinajstić information content (AvgIpc) is 2.84. The zero-order valence-corrected chi connectivity index (χ0v) is 19.9. The van der Waals surface area contributed by atoms with E-state index in [1.807, 2.05) is 0 Å². The third kappa shape index (κ3) is 4.56. The second kappa shape index (κ2) is 9.34. The molecule has 1 aliphatic heterocycles. The van der Waals surface area contributed by atoms with Crippen molar-refractivity contribution in [3.8, 4) is 11.5 Å². The number of carbonyl (C=O) groups is 1. The van der Waals surface area contributed by atoms with E-state index in [2.05, 4.69) is 4.72 Å². The van der Waals surface area contributed by atoms with Crippen molar-refractivity contribution in [2.24, 2.45) is 0 Å². The third-order valence-electron chi connectivity index (χ3n) is 5.77. The fraction of sp³-hybridized carbons (Fsp3) is 0.240.